The summed E-state index contributed by atoms with van der Waals surface area (Å²) >= 11 is 0. The van der Waals surface area contributed by atoms with Crippen molar-refractivity contribution in [2.45, 2.75) is 19.8 Å². The second-order valence-electron chi connectivity index (χ2n) is 8.68. The summed E-state index contributed by atoms with van der Waals surface area (Å²) in [7, 11) is 3.44. The van der Waals surface area contributed by atoms with E-state index in [1.807, 2.05) is 0 Å². The van der Waals surface area contributed by atoms with Crippen LogP contribution in [0.1, 0.15) is 25.3 Å². The number of aliphatic imine (C=N–C) groups is 1. The smallest absolute Gasteiger partial charge is 0.336 e. The van der Waals surface area contributed by atoms with Gasteiger partial charge in [-0.05, 0) is 19.4 Å². The van der Waals surface area contributed by atoms with E-state index < -0.39 is 28.7 Å². The van der Waals surface area contributed by atoms with Crippen LogP contribution >= 0.6 is 0 Å². The second-order valence-corrected chi connectivity index (χ2v) is 8.68. The second kappa shape index (κ2) is 10.7. The summed E-state index contributed by atoms with van der Waals surface area (Å²) in [5, 5.41) is 11.3. The van der Waals surface area contributed by atoms with Gasteiger partial charge >= 0.3 is 11.9 Å². The van der Waals surface area contributed by atoms with Gasteiger partial charge in [-0.2, -0.15) is 0 Å². The number of hydrogen-bond acceptors (Lipinski definition) is 7. The molecule has 10 nitrogen and oxygen atoms in total. The lowest BCUT2D eigenvalue weighted by molar-refractivity contribution is -1.00. The van der Waals surface area contributed by atoms with Crippen molar-refractivity contribution in [2.75, 3.05) is 53.5 Å². The standard InChI is InChI=1S/C23H30N4O6/c1-15-19(22(28)32-4)21(17-6-5-7-18(14-17)27(30)31)20(16(2)24-15)23(29)33-13-12-26-10-8-25(3)9-11-26/h5-7,14,19,21H,8-13H2,1-4H3/p+2/t19?,21-/m1/s1. The van der Waals surface area contributed by atoms with Gasteiger partial charge in [-0.1, -0.05) is 12.1 Å². The fourth-order valence-electron chi connectivity index (χ4n) is 4.57. The molecule has 1 unspecified atom stereocenters. The molecule has 2 atom stereocenters. The Balaban J connectivity index is 1.88. The van der Waals surface area contributed by atoms with Gasteiger partial charge < -0.3 is 19.3 Å². The number of benzene rings is 1. The maximum atomic E-state index is 13.2. The van der Waals surface area contributed by atoms with Gasteiger partial charge in [-0.3, -0.25) is 19.9 Å². The van der Waals surface area contributed by atoms with Gasteiger partial charge in [0.15, 0.2) is 0 Å². The van der Waals surface area contributed by atoms with Crippen molar-refractivity contribution in [1.29, 1.82) is 0 Å². The Kier molecular flexibility index (Phi) is 7.93. The van der Waals surface area contributed by atoms with Crippen molar-refractivity contribution < 1.29 is 33.8 Å². The molecule has 10 heteroatoms. The van der Waals surface area contributed by atoms with E-state index in [0.29, 0.717) is 23.5 Å². The molecule has 0 spiro atoms. The van der Waals surface area contributed by atoms with Crippen LogP contribution in [-0.2, 0) is 19.1 Å². The van der Waals surface area contributed by atoms with E-state index in [1.54, 1.807) is 26.0 Å². The molecule has 178 valence electrons. The van der Waals surface area contributed by atoms with E-state index in [2.05, 4.69) is 12.0 Å². The number of ether oxygens (including phenoxy) is 2. The molecule has 2 aliphatic heterocycles. The van der Waals surface area contributed by atoms with Crippen LogP contribution in [0.25, 0.3) is 0 Å². The van der Waals surface area contributed by atoms with Crippen LogP contribution in [0.2, 0.25) is 0 Å². The largest absolute Gasteiger partial charge is 0.468 e. The average Bonchev–Trinajstić information content (AvgIpc) is 2.79. The molecule has 0 aromatic heterocycles. The third kappa shape index (κ3) is 5.63. The van der Waals surface area contributed by atoms with E-state index in [0.717, 1.165) is 26.2 Å². The van der Waals surface area contributed by atoms with Gasteiger partial charge in [0.25, 0.3) is 5.69 Å². The predicted molar refractivity (Wildman–Crippen MR) is 120 cm³/mol. The summed E-state index contributed by atoms with van der Waals surface area (Å²) in [5.41, 5.74) is 1.49. The summed E-state index contributed by atoms with van der Waals surface area (Å²) in [6.07, 6.45) is 0. The molecule has 0 saturated carbocycles. The molecular weight excluding hydrogens is 428 g/mol. The number of esters is 2. The molecule has 1 fully saturated rings. The van der Waals surface area contributed by atoms with Crippen LogP contribution in [0.3, 0.4) is 0 Å². The zero-order valence-corrected chi connectivity index (χ0v) is 19.6. The molecule has 1 aromatic rings. The van der Waals surface area contributed by atoms with Gasteiger partial charge in [0.2, 0.25) is 0 Å². The minimum absolute atomic E-state index is 0.123. The zero-order chi connectivity index (χ0) is 24.1. The molecule has 2 aliphatic rings. The summed E-state index contributed by atoms with van der Waals surface area (Å²) in [6.45, 7) is 8.54. The van der Waals surface area contributed by atoms with Crippen LogP contribution in [0.5, 0.6) is 0 Å². The van der Waals surface area contributed by atoms with E-state index >= 15 is 0 Å². The zero-order valence-electron chi connectivity index (χ0n) is 19.6. The van der Waals surface area contributed by atoms with Crippen LogP contribution in [0.15, 0.2) is 40.5 Å². The van der Waals surface area contributed by atoms with Crippen molar-refractivity contribution in [3.05, 3.63) is 51.2 Å². The Bertz CT molecular complexity index is 981. The summed E-state index contributed by atoms with van der Waals surface area (Å²) in [5.74, 6) is -2.79. The fourth-order valence-corrected chi connectivity index (χ4v) is 4.57. The number of piperazine rings is 1. The number of rotatable bonds is 7. The van der Waals surface area contributed by atoms with E-state index in [1.165, 1.54) is 29.0 Å². The molecule has 1 aromatic carbocycles. The topological polar surface area (TPSA) is 117 Å². The molecule has 0 radical (unpaired) electrons. The highest BCUT2D eigenvalue weighted by Crippen LogP contribution is 2.40. The molecule has 0 amide bonds. The normalized spacial score (nSPS) is 25.3. The highest BCUT2D eigenvalue weighted by atomic mass is 16.6. The van der Waals surface area contributed by atoms with E-state index in [9.17, 15) is 19.7 Å². The van der Waals surface area contributed by atoms with Crippen molar-refractivity contribution in [2.24, 2.45) is 10.9 Å². The average molecular weight is 461 g/mol. The van der Waals surface area contributed by atoms with Crippen molar-refractivity contribution in [3.8, 4) is 0 Å². The number of nitrogens with one attached hydrogen (secondary N) is 2. The number of non-ortho nitro benzene ring substituents is 1. The summed E-state index contributed by atoms with van der Waals surface area (Å²) < 4.78 is 10.6. The number of carbonyl (C=O) groups excluding carboxylic acids is 2. The van der Waals surface area contributed by atoms with Crippen molar-refractivity contribution in [1.82, 2.24) is 0 Å². The SMILES string of the molecule is COC(=O)C1C(C)=NC(C)=C(C(=O)OCC[NH+]2CC[NH+](C)CC2)[C@@H]1c1cccc([N+](=O)[O-])c1. The lowest BCUT2D eigenvalue weighted by atomic mass is 9.75. The first-order chi connectivity index (χ1) is 15.7. The quantitative estimate of drug-likeness (QED) is 0.312. The number of quaternary nitrogens is 2. The predicted octanol–water partition coefficient (Wildman–Crippen LogP) is -0.827. The van der Waals surface area contributed by atoms with E-state index in [-0.39, 0.29) is 17.9 Å². The monoisotopic (exact) mass is 460 g/mol. The molecule has 3 rings (SSSR count). The number of nitro benzene ring substituents is 1. The fraction of sp³-hybridized carbons (Fsp3) is 0.522. The Morgan fingerprint density at radius 2 is 1.91 bits per heavy atom. The molecule has 0 bridgehead atoms. The maximum absolute atomic E-state index is 13.2. The highest BCUT2D eigenvalue weighted by molar-refractivity contribution is 6.07. The van der Waals surface area contributed by atoms with Gasteiger partial charge in [0.05, 0.1) is 24.7 Å². The Labute approximate surface area is 193 Å². The molecule has 2 heterocycles. The minimum Gasteiger partial charge on any atom is -0.468 e. The molecule has 1 saturated heterocycles. The van der Waals surface area contributed by atoms with Gasteiger partial charge in [-0.25, -0.2) is 4.79 Å². The number of nitrogens with zero attached hydrogens (tertiary/aromatic N) is 2. The number of methoxy groups -OCH3 is 1. The molecule has 0 aliphatic carbocycles. The number of carbonyl (C=O) groups is 2. The lowest BCUT2D eigenvalue weighted by Crippen LogP contribution is -3.27. The third-order valence-electron chi connectivity index (χ3n) is 6.44. The highest BCUT2D eigenvalue weighted by Gasteiger charge is 2.42. The Morgan fingerprint density at radius 1 is 1.21 bits per heavy atom. The first-order valence-electron chi connectivity index (χ1n) is 11.1. The van der Waals surface area contributed by atoms with Crippen LogP contribution in [-0.4, -0.2) is 76.1 Å². The Hall–Kier alpha value is -3.11. The Morgan fingerprint density at radius 3 is 2.55 bits per heavy atom. The third-order valence-corrected chi connectivity index (χ3v) is 6.44. The van der Waals surface area contributed by atoms with Gasteiger partial charge in [0, 0.05) is 29.5 Å². The van der Waals surface area contributed by atoms with Crippen LogP contribution in [0, 0.1) is 16.0 Å². The first kappa shape index (κ1) is 24.5. The number of nitro groups is 1. The molecular formula is C23H32N4O6+2. The van der Waals surface area contributed by atoms with Gasteiger partial charge in [0.1, 0.15) is 45.2 Å². The van der Waals surface area contributed by atoms with Crippen LogP contribution < -0.4 is 9.80 Å². The van der Waals surface area contributed by atoms with Crippen molar-refractivity contribution in [3.63, 3.8) is 0 Å². The molecule has 2 N–H and O–H groups in total. The number of allylic oxidation sites excluding steroid dienone is 1. The lowest BCUT2D eigenvalue weighted by Gasteiger charge is -2.31. The van der Waals surface area contributed by atoms with Crippen molar-refractivity contribution >= 4 is 23.3 Å². The summed E-state index contributed by atoms with van der Waals surface area (Å²) in [6, 6.07) is 5.97. The van der Waals surface area contributed by atoms with Gasteiger partial charge in [-0.15, -0.1) is 0 Å². The number of likely N-dealkylation sites (N-methyl/N-ethyl adjacent to an activating group) is 1. The summed E-state index contributed by atoms with van der Waals surface area (Å²) in [4.78, 5) is 44.1. The number of hydrogen-bond donors (Lipinski definition) is 2. The maximum Gasteiger partial charge on any atom is 0.336 e. The van der Waals surface area contributed by atoms with Crippen LogP contribution in [0.4, 0.5) is 5.69 Å². The molecule has 33 heavy (non-hydrogen) atoms. The van der Waals surface area contributed by atoms with E-state index in [4.69, 9.17) is 9.47 Å². The first-order valence-corrected chi connectivity index (χ1v) is 11.1. The minimum atomic E-state index is -0.880.